The number of aromatic nitrogens is 1. The Balaban J connectivity index is 1.39. The Morgan fingerprint density at radius 3 is 2.37 bits per heavy atom. The van der Waals surface area contributed by atoms with E-state index in [2.05, 4.69) is 40.1 Å². The molecule has 2 fully saturated rings. The Bertz CT molecular complexity index is 883. The number of hydrogen-bond acceptors (Lipinski definition) is 5. The largest absolute Gasteiger partial charge is 0.503 e. The van der Waals surface area contributed by atoms with Gasteiger partial charge < -0.3 is 14.4 Å². The number of morpholine rings is 1. The summed E-state index contributed by atoms with van der Waals surface area (Å²) >= 11 is 0. The molecule has 6 nitrogen and oxygen atoms in total. The summed E-state index contributed by atoms with van der Waals surface area (Å²) in [5.41, 5.74) is 2.82. The summed E-state index contributed by atoms with van der Waals surface area (Å²) in [6, 6.07) is 12.3. The quantitative estimate of drug-likeness (QED) is 0.791. The van der Waals surface area contributed by atoms with E-state index >= 15 is 0 Å². The highest BCUT2D eigenvalue weighted by molar-refractivity contribution is 5.30. The third-order valence-electron chi connectivity index (χ3n) is 6.58. The molecule has 0 bridgehead atoms. The molecule has 0 amide bonds. The van der Waals surface area contributed by atoms with Crippen LogP contribution >= 0.6 is 0 Å². The smallest absolute Gasteiger partial charge is 0.223 e. The first-order valence-electron chi connectivity index (χ1n) is 11.1. The highest BCUT2D eigenvalue weighted by atomic mass is 16.5. The molecule has 4 rings (SSSR count). The van der Waals surface area contributed by atoms with Crippen LogP contribution in [-0.2, 0) is 31.3 Å². The molecule has 0 aliphatic carbocycles. The van der Waals surface area contributed by atoms with Crippen LogP contribution in [0.5, 0.6) is 5.75 Å². The first kappa shape index (κ1) is 21.1. The molecule has 0 atom stereocenters. The van der Waals surface area contributed by atoms with Crippen molar-refractivity contribution in [2.75, 3.05) is 39.4 Å². The summed E-state index contributed by atoms with van der Waals surface area (Å²) in [6.07, 6.45) is 3.43. The molecular formula is C24H33N3O3. The van der Waals surface area contributed by atoms with Gasteiger partial charge in [-0.3, -0.25) is 14.6 Å². The van der Waals surface area contributed by atoms with E-state index in [1.54, 1.807) is 6.07 Å². The van der Waals surface area contributed by atoms with Crippen LogP contribution in [0.1, 0.15) is 29.8 Å². The third-order valence-corrected chi connectivity index (χ3v) is 6.58. The maximum absolute atomic E-state index is 12.4. The number of benzene rings is 1. The fourth-order valence-electron chi connectivity index (χ4n) is 4.62. The number of likely N-dealkylation sites (tertiary alicyclic amines) is 1. The molecule has 3 heterocycles. The second kappa shape index (κ2) is 9.77. The predicted molar refractivity (Wildman–Crippen MR) is 118 cm³/mol. The van der Waals surface area contributed by atoms with Gasteiger partial charge in [-0.15, -0.1) is 0 Å². The number of ether oxygens (including phenoxy) is 1. The first-order chi connectivity index (χ1) is 14.6. The molecule has 162 valence electrons. The minimum Gasteiger partial charge on any atom is -0.503 e. The molecule has 30 heavy (non-hydrogen) atoms. The van der Waals surface area contributed by atoms with Crippen LogP contribution in [0.4, 0.5) is 0 Å². The van der Waals surface area contributed by atoms with Crippen molar-refractivity contribution in [2.45, 2.75) is 32.4 Å². The van der Waals surface area contributed by atoms with Crippen molar-refractivity contribution in [3.05, 3.63) is 63.6 Å². The van der Waals surface area contributed by atoms with Crippen LogP contribution in [0.2, 0.25) is 0 Å². The number of pyridine rings is 1. The summed E-state index contributed by atoms with van der Waals surface area (Å²) in [5, 5.41) is 10.5. The van der Waals surface area contributed by atoms with Gasteiger partial charge in [-0.1, -0.05) is 30.3 Å². The van der Waals surface area contributed by atoms with Gasteiger partial charge in [-0.05, 0) is 43.8 Å². The van der Waals surface area contributed by atoms with E-state index in [-0.39, 0.29) is 11.2 Å². The highest BCUT2D eigenvalue weighted by Crippen LogP contribution is 2.24. The molecule has 1 N–H and O–H groups in total. The number of piperidine rings is 1. The number of hydrogen-bond donors (Lipinski definition) is 1. The van der Waals surface area contributed by atoms with Crippen LogP contribution < -0.4 is 5.43 Å². The van der Waals surface area contributed by atoms with E-state index in [9.17, 15) is 9.90 Å². The lowest BCUT2D eigenvalue weighted by molar-refractivity contribution is 0.0331. The molecule has 0 radical (unpaired) electrons. The van der Waals surface area contributed by atoms with E-state index in [0.29, 0.717) is 19.0 Å². The molecule has 2 aliphatic heterocycles. The van der Waals surface area contributed by atoms with Gasteiger partial charge in [-0.2, -0.15) is 0 Å². The molecule has 2 aromatic rings. The molecule has 6 heteroatoms. The highest BCUT2D eigenvalue weighted by Gasteiger charge is 2.23. The molecule has 2 aliphatic rings. The first-order valence-corrected chi connectivity index (χ1v) is 11.1. The van der Waals surface area contributed by atoms with Gasteiger partial charge in [0.2, 0.25) is 5.43 Å². The van der Waals surface area contributed by atoms with Crippen molar-refractivity contribution < 1.29 is 9.84 Å². The average Bonchev–Trinajstić information content (AvgIpc) is 2.78. The standard InChI is InChI=1S/C24H33N3O3/c1-25-21(17-27-11-13-30-14-12-27)16-23(28)24(29)22(25)18-26-9-7-20(8-10-26)15-19-5-3-2-4-6-19/h2-6,16,20,29H,7-15,17-18H2,1H3. The fourth-order valence-corrected chi connectivity index (χ4v) is 4.62. The minimum absolute atomic E-state index is 0.102. The Morgan fingerprint density at radius 2 is 1.67 bits per heavy atom. The van der Waals surface area contributed by atoms with Crippen LogP contribution in [0.3, 0.4) is 0 Å². The molecule has 1 aromatic carbocycles. The van der Waals surface area contributed by atoms with Gasteiger partial charge in [0.25, 0.3) is 0 Å². The van der Waals surface area contributed by atoms with Crippen molar-refractivity contribution >= 4 is 0 Å². The molecule has 0 spiro atoms. The van der Waals surface area contributed by atoms with E-state index < -0.39 is 0 Å². The Morgan fingerprint density at radius 1 is 1.00 bits per heavy atom. The second-order valence-corrected chi connectivity index (χ2v) is 8.65. The van der Waals surface area contributed by atoms with E-state index in [1.807, 2.05) is 11.6 Å². The molecule has 0 unspecified atom stereocenters. The Labute approximate surface area is 178 Å². The Kier molecular flexibility index (Phi) is 6.87. The third kappa shape index (κ3) is 5.12. The van der Waals surface area contributed by atoms with Gasteiger partial charge in [0.05, 0.1) is 18.9 Å². The van der Waals surface area contributed by atoms with Crippen LogP contribution in [0, 0.1) is 5.92 Å². The van der Waals surface area contributed by atoms with Gasteiger partial charge in [0.15, 0.2) is 5.75 Å². The average molecular weight is 412 g/mol. The summed E-state index contributed by atoms with van der Waals surface area (Å²) in [7, 11) is 1.96. The predicted octanol–water partition coefficient (Wildman–Crippen LogP) is 2.38. The Hall–Kier alpha value is -2.15. The van der Waals surface area contributed by atoms with Crippen LogP contribution in [0.15, 0.2) is 41.2 Å². The topological polar surface area (TPSA) is 57.9 Å². The van der Waals surface area contributed by atoms with Crippen LogP contribution in [0.25, 0.3) is 0 Å². The number of nitrogens with zero attached hydrogens (tertiary/aromatic N) is 3. The molecule has 1 aromatic heterocycles. The lowest BCUT2D eigenvalue weighted by atomic mass is 9.90. The minimum atomic E-state index is -0.273. The van der Waals surface area contributed by atoms with Crippen molar-refractivity contribution in [3.63, 3.8) is 0 Å². The van der Waals surface area contributed by atoms with Crippen molar-refractivity contribution in [1.82, 2.24) is 14.4 Å². The van der Waals surface area contributed by atoms with E-state index in [1.165, 1.54) is 5.56 Å². The van der Waals surface area contributed by atoms with Crippen LogP contribution in [-0.4, -0.2) is 58.9 Å². The van der Waals surface area contributed by atoms with Gasteiger partial charge >= 0.3 is 0 Å². The second-order valence-electron chi connectivity index (χ2n) is 8.65. The molecule has 2 saturated heterocycles. The van der Waals surface area contributed by atoms with Gasteiger partial charge in [0.1, 0.15) is 0 Å². The van der Waals surface area contributed by atoms with E-state index in [0.717, 1.165) is 70.0 Å². The summed E-state index contributed by atoms with van der Waals surface area (Å²) in [4.78, 5) is 17.1. The number of rotatable bonds is 6. The van der Waals surface area contributed by atoms with Gasteiger partial charge in [-0.25, -0.2) is 0 Å². The maximum atomic E-state index is 12.4. The lowest BCUT2D eigenvalue weighted by Crippen LogP contribution is -2.37. The van der Waals surface area contributed by atoms with Gasteiger partial charge in [0, 0.05) is 45.0 Å². The zero-order valence-corrected chi connectivity index (χ0v) is 17.9. The normalized spacial score (nSPS) is 19.2. The lowest BCUT2D eigenvalue weighted by Gasteiger charge is -2.33. The summed E-state index contributed by atoms with van der Waals surface area (Å²) < 4.78 is 7.44. The molecular weight excluding hydrogens is 378 g/mol. The van der Waals surface area contributed by atoms with Crippen molar-refractivity contribution in [2.24, 2.45) is 13.0 Å². The SMILES string of the molecule is Cn1c(CN2CCOCC2)cc(=O)c(O)c1CN1CCC(Cc2ccccc2)CC1. The van der Waals surface area contributed by atoms with Crippen molar-refractivity contribution in [3.8, 4) is 5.75 Å². The maximum Gasteiger partial charge on any atom is 0.223 e. The van der Waals surface area contributed by atoms with Crippen molar-refractivity contribution in [1.29, 1.82) is 0 Å². The fraction of sp³-hybridized carbons (Fsp3) is 0.542. The summed E-state index contributed by atoms with van der Waals surface area (Å²) in [5.74, 6) is 0.600. The summed E-state index contributed by atoms with van der Waals surface area (Å²) in [6.45, 7) is 6.54. The molecule has 0 saturated carbocycles. The zero-order valence-electron chi connectivity index (χ0n) is 17.9. The monoisotopic (exact) mass is 411 g/mol. The zero-order chi connectivity index (χ0) is 20.9. The number of aromatic hydroxyl groups is 1. The van der Waals surface area contributed by atoms with E-state index in [4.69, 9.17) is 4.74 Å².